The fourth-order valence-corrected chi connectivity index (χ4v) is 5.72. The van der Waals surface area contributed by atoms with Crippen molar-refractivity contribution in [2.45, 2.75) is 68.7 Å². The number of aromatic nitrogens is 2. The number of fused-ring (bicyclic) bond motifs is 1. The molecule has 1 aliphatic carbocycles. The van der Waals surface area contributed by atoms with Crippen LogP contribution in [-0.2, 0) is 22.0 Å². The lowest BCUT2D eigenvalue weighted by Crippen LogP contribution is -2.27. The summed E-state index contributed by atoms with van der Waals surface area (Å²) in [5, 5.41) is 3.63. The molecule has 1 saturated carbocycles. The molecule has 27 heavy (non-hydrogen) atoms. The van der Waals surface area contributed by atoms with E-state index in [4.69, 9.17) is 14.7 Å². The fraction of sp³-hybridized carbons (Fsp3) is 0.800. The monoisotopic (exact) mass is 392 g/mol. The van der Waals surface area contributed by atoms with Gasteiger partial charge in [-0.1, -0.05) is 19.3 Å². The molecule has 1 aromatic rings. The lowest BCUT2D eigenvalue weighted by molar-refractivity contribution is 0.0645. The van der Waals surface area contributed by atoms with Gasteiger partial charge in [-0.15, -0.1) is 0 Å². The van der Waals surface area contributed by atoms with Crippen molar-refractivity contribution in [2.24, 2.45) is 5.92 Å². The van der Waals surface area contributed by atoms with E-state index in [-0.39, 0.29) is 0 Å². The highest BCUT2D eigenvalue weighted by Crippen LogP contribution is 2.32. The molecule has 2 fully saturated rings. The number of ether oxygens (including phenoxy) is 1. The Labute approximate surface area is 164 Å². The third kappa shape index (κ3) is 4.62. The van der Waals surface area contributed by atoms with Gasteiger partial charge in [0.1, 0.15) is 10.7 Å². The van der Waals surface area contributed by atoms with E-state index in [1.165, 1.54) is 32.1 Å². The Bertz CT molecular complexity index is 672. The predicted molar refractivity (Wildman–Crippen MR) is 109 cm³/mol. The van der Waals surface area contributed by atoms with Gasteiger partial charge in [-0.05, 0) is 38.0 Å². The Morgan fingerprint density at radius 3 is 2.70 bits per heavy atom. The molecule has 1 unspecified atom stereocenters. The number of hydrogen-bond acceptors (Lipinski definition) is 6. The number of rotatable bonds is 6. The largest absolute Gasteiger partial charge is 0.381 e. The molecular formula is C20H32N4O2S. The highest BCUT2D eigenvalue weighted by atomic mass is 32.2. The molecule has 0 spiro atoms. The molecule has 150 valence electrons. The maximum absolute atomic E-state index is 12.5. The van der Waals surface area contributed by atoms with E-state index in [2.05, 4.69) is 17.3 Å². The second-order valence-corrected chi connectivity index (χ2v) is 9.70. The van der Waals surface area contributed by atoms with Crippen LogP contribution in [0.1, 0.15) is 57.1 Å². The maximum Gasteiger partial charge on any atom is 0.227 e. The maximum atomic E-state index is 12.5. The molecule has 4 rings (SSSR count). The number of nitrogens with one attached hydrogen (secondary N) is 1. The van der Waals surface area contributed by atoms with Crippen molar-refractivity contribution in [1.82, 2.24) is 9.97 Å². The molecular weight excluding hydrogens is 360 g/mol. The molecule has 7 heteroatoms. The number of nitrogens with zero attached hydrogens (tertiary/aromatic N) is 3. The Kier molecular flexibility index (Phi) is 6.28. The first-order chi connectivity index (χ1) is 13.2. The lowest BCUT2D eigenvalue weighted by Gasteiger charge is -2.27. The van der Waals surface area contributed by atoms with Crippen LogP contribution in [-0.4, -0.2) is 52.8 Å². The van der Waals surface area contributed by atoms with Gasteiger partial charge < -0.3 is 15.0 Å². The van der Waals surface area contributed by atoms with E-state index >= 15 is 0 Å². The zero-order chi connectivity index (χ0) is 18.6. The molecule has 0 radical (unpaired) electrons. The zero-order valence-electron chi connectivity index (χ0n) is 16.4. The van der Waals surface area contributed by atoms with Crippen molar-refractivity contribution in [3.8, 4) is 0 Å². The molecule has 0 bridgehead atoms. The minimum Gasteiger partial charge on any atom is -0.381 e. The summed E-state index contributed by atoms with van der Waals surface area (Å²) >= 11 is 0. The quantitative estimate of drug-likeness (QED) is 0.802. The van der Waals surface area contributed by atoms with E-state index in [9.17, 15) is 4.21 Å². The Balaban J connectivity index is 1.48. The van der Waals surface area contributed by atoms with E-state index in [1.54, 1.807) is 0 Å². The number of anilines is 2. The molecule has 1 atom stereocenters. The Morgan fingerprint density at radius 2 is 1.93 bits per heavy atom. The van der Waals surface area contributed by atoms with Crippen molar-refractivity contribution in [3.63, 3.8) is 0 Å². The third-order valence-corrected chi connectivity index (χ3v) is 7.64. The van der Waals surface area contributed by atoms with Crippen LogP contribution < -0.4 is 10.2 Å². The van der Waals surface area contributed by atoms with Crippen LogP contribution in [0.15, 0.2) is 4.90 Å². The molecule has 0 amide bonds. The van der Waals surface area contributed by atoms with Gasteiger partial charge in [-0.2, -0.15) is 4.98 Å². The van der Waals surface area contributed by atoms with Crippen molar-refractivity contribution in [2.75, 3.05) is 42.8 Å². The van der Waals surface area contributed by atoms with Gasteiger partial charge in [0.25, 0.3) is 0 Å². The lowest BCUT2D eigenvalue weighted by atomic mass is 9.95. The molecule has 1 saturated heterocycles. The normalized spacial score (nSPS) is 24.0. The van der Waals surface area contributed by atoms with Crippen LogP contribution in [0.3, 0.4) is 0 Å². The summed E-state index contributed by atoms with van der Waals surface area (Å²) in [7, 11) is 1.12. The second-order valence-electron chi connectivity index (χ2n) is 8.19. The summed E-state index contributed by atoms with van der Waals surface area (Å²) in [6, 6.07) is 0.454. The molecule has 3 aliphatic rings. The SMILES string of the molecule is CN(CCC1CCOCC1)c1nc2c(c(NC3CCCCC3)n1)S(=O)CC2. The fourth-order valence-electron chi connectivity index (χ4n) is 4.40. The summed E-state index contributed by atoms with van der Waals surface area (Å²) < 4.78 is 18.0. The molecule has 6 nitrogen and oxygen atoms in total. The van der Waals surface area contributed by atoms with Gasteiger partial charge in [0, 0.05) is 45.0 Å². The summed E-state index contributed by atoms with van der Waals surface area (Å²) in [5.41, 5.74) is 0.981. The van der Waals surface area contributed by atoms with Gasteiger partial charge in [-0.3, -0.25) is 4.21 Å². The Hall–Kier alpha value is -1.21. The van der Waals surface area contributed by atoms with Crippen LogP contribution in [0, 0.1) is 5.92 Å². The van der Waals surface area contributed by atoms with Gasteiger partial charge >= 0.3 is 0 Å². The predicted octanol–water partition coefficient (Wildman–Crippen LogP) is 3.14. The van der Waals surface area contributed by atoms with Crippen LogP contribution >= 0.6 is 0 Å². The molecule has 0 aromatic carbocycles. The van der Waals surface area contributed by atoms with E-state index in [0.29, 0.717) is 11.8 Å². The van der Waals surface area contributed by atoms with Crippen LogP contribution in [0.4, 0.5) is 11.8 Å². The van der Waals surface area contributed by atoms with Crippen molar-refractivity contribution >= 4 is 22.6 Å². The van der Waals surface area contributed by atoms with Crippen LogP contribution in [0.5, 0.6) is 0 Å². The first-order valence-electron chi connectivity index (χ1n) is 10.6. The average molecular weight is 393 g/mol. The smallest absolute Gasteiger partial charge is 0.227 e. The summed E-state index contributed by atoms with van der Waals surface area (Å²) in [4.78, 5) is 12.6. The first kappa shape index (κ1) is 19.1. The summed E-state index contributed by atoms with van der Waals surface area (Å²) in [6.45, 7) is 2.74. The minimum absolute atomic E-state index is 0.454. The minimum atomic E-state index is -0.963. The van der Waals surface area contributed by atoms with Gasteiger partial charge in [-0.25, -0.2) is 4.98 Å². The van der Waals surface area contributed by atoms with Crippen molar-refractivity contribution in [3.05, 3.63) is 5.69 Å². The number of aryl methyl sites for hydroxylation is 1. The van der Waals surface area contributed by atoms with Crippen molar-refractivity contribution in [1.29, 1.82) is 0 Å². The van der Waals surface area contributed by atoms with Gasteiger partial charge in [0.15, 0.2) is 0 Å². The summed E-state index contributed by atoms with van der Waals surface area (Å²) in [5.74, 6) is 3.02. The average Bonchev–Trinajstić information content (AvgIpc) is 3.09. The van der Waals surface area contributed by atoms with Crippen molar-refractivity contribution < 1.29 is 8.95 Å². The molecule has 1 aromatic heterocycles. The zero-order valence-corrected chi connectivity index (χ0v) is 17.2. The molecule has 2 aliphatic heterocycles. The van der Waals surface area contributed by atoms with E-state index in [0.717, 1.165) is 73.7 Å². The van der Waals surface area contributed by atoms with Crippen LogP contribution in [0.2, 0.25) is 0 Å². The summed E-state index contributed by atoms with van der Waals surface area (Å²) in [6.07, 6.45) is 10.5. The highest BCUT2D eigenvalue weighted by Gasteiger charge is 2.28. The standard InChI is InChI=1S/C20H32N4O2S/c1-24(11-7-15-8-12-26-13-9-15)20-22-17-10-14-27(25)18(17)19(23-20)21-16-5-3-2-4-6-16/h15-16H,2-14H2,1H3,(H,21,22,23). The Morgan fingerprint density at radius 1 is 1.15 bits per heavy atom. The van der Waals surface area contributed by atoms with E-state index < -0.39 is 10.8 Å². The highest BCUT2D eigenvalue weighted by molar-refractivity contribution is 7.85. The van der Waals surface area contributed by atoms with Gasteiger partial charge in [0.2, 0.25) is 5.95 Å². The van der Waals surface area contributed by atoms with E-state index in [1.807, 2.05) is 0 Å². The molecule has 1 N–H and O–H groups in total. The van der Waals surface area contributed by atoms with Crippen LogP contribution in [0.25, 0.3) is 0 Å². The second kappa shape index (κ2) is 8.86. The first-order valence-corrected chi connectivity index (χ1v) is 11.9. The topological polar surface area (TPSA) is 67.3 Å². The third-order valence-electron chi connectivity index (χ3n) is 6.18. The number of hydrogen-bond donors (Lipinski definition) is 1. The van der Waals surface area contributed by atoms with Gasteiger partial charge in [0.05, 0.1) is 16.5 Å². The molecule has 3 heterocycles.